The first kappa shape index (κ1) is 18.9. The van der Waals surface area contributed by atoms with Gasteiger partial charge in [0.1, 0.15) is 12.4 Å². The summed E-state index contributed by atoms with van der Waals surface area (Å²) in [4.78, 5) is 21.4. The average molecular weight is 380 g/mol. The smallest absolute Gasteiger partial charge is 0.227 e. The maximum absolute atomic E-state index is 12.8. The van der Waals surface area contributed by atoms with Crippen LogP contribution >= 0.6 is 0 Å². The van der Waals surface area contributed by atoms with Gasteiger partial charge in [-0.15, -0.1) is 0 Å². The molecule has 0 radical (unpaired) electrons. The van der Waals surface area contributed by atoms with Crippen molar-refractivity contribution < 1.29 is 9.53 Å². The third-order valence-electron chi connectivity index (χ3n) is 5.57. The molecule has 1 aromatic heterocycles. The van der Waals surface area contributed by atoms with Crippen LogP contribution < -0.4 is 10.1 Å². The number of rotatable bonds is 6. The topological polar surface area (TPSA) is 57.7 Å². The van der Waals surface area contributed by atoms with Crippen LogP contribution in [-0.4, -0.2) is 66.0 Å². The first-order valence-electron chi connectivity index (χ1n) is 10.1. The predicted octanol–water partition coefficient (Wildman–Crippen LogP) is 1.71. The van der Waals surface area contributed by atoms with Crippen molar-refractivity contribution in [2.75, 3.05) is 39.3 Å². The van der Waals surface area contributed by atoms with E-state index in [2.05, 4.69) is 15.2 Å². The molecular formula is C22H28N4O2. The number of carbonyl (C=O) groups excluding carboxylic acids is 1. The summed E-state index contributed by atoms with van der Waals surface area (Å²) in [5.74, 6) is 0.997. The number of pyridine rings is 1. The average Bonchev–Trinajstić information content (AvgIpc) is 3.25. The summed E-state index contributed by atoms with van der Waals surface area (Å²) < 4.78 is 5.86. The molecule has 6 nitrogen and oxygen atoms in total. The van der Waals surface area contributed by atoms with Crippen LogP contribution in [0.3, 0.4) is 0 Å². The highest BCUT2D eigenvalue weighted by Crippen LogP contribution is 2.19. The highest BCUT2D eigenvalue weighted by Gasteiger charge is 2.30. The van der Waals surface area contributed by atoms with Crippen molar-refractivity contribution >= 4 is 5.91 Å². The number of carbonyl (C=O) groups is 1. The maximum atomic E-state index is 12.8. The van der Waals surface area contributed by atoms with Gasteiger partial charge in [-0.25, -0.2) is 0 Å². The van der Waals surface area contributed by atoms with E-state index < -0.39 is 0 Å². The summed E-state index contributed by atoms with van der Waals surface area (Å²) in [7, 11) is 0. The molecule has 2 saturated heterocycles. The monoisotopic (exact) mass is 380 g/mol. The molecule has 1 atom stereocenters. The van der Waals surface area contributed by atoms with E-state index in [0.29, 0.717) is 19.1 Å². The largest absolute Gasteiger partial charge is 0.489 e. The van der Waals surface area contributed by atoms with Gasteiger partial charge in [-0.2, -0.15) is 0 Å². The van der Waals surface area contributed by atoms with Gasteiger partial charge in [-0.05, 0) is 30.2 Å². The Balaban J connectivity index is 1.29. The van der Waals surface area contributed by atoms with Crippen LogP contribution in [0.5, 0.6) is 5.75 Å². The molecule has 4 rings (SSSR count). The van der Waals surface area contributed by atoms with E-state index in [9.17, 15) is 4.79 Å². The Bertz CT molecular complexity index is 777. The van der Waals surface area contributed by atoms with Crippen molar-refractivity contribution in [3.8, 4) is 5.75 Å². The summed E-state index contributed by atoms with van der Waals surface area (Å²) in [6.07, 6.45) is 5.06. The van der Waals surface area contributed by atoms with E-state index in [-0.39, 0.29) is 5.91 Å². The zero-order valence-electron chi connectivity index (χ0n) is 16.2. The molecule has 1 aromatic carbocycles. The first-order chi connectivity index (χ1) is 13.8. The molecule has 1 amide bonds. The number of hydrogen-bond acceptors (Lipinski definition) is 5. The summed E-state index contributed by atoms with van der Waals surface area (Å²) in [6, 6.07) is 12.3. The summed E-state index contributed by atoms with van der Waals surface area (Å²) in [5, 5.41) is 3.39. The standard InChI is InChI=1S/C22H28N4O2/c27-22(26-10-6-20(16-26)25-11-8-23-9-12-25)14-18-3-1-5-21(13-18)28-17-19-4-2-7-24-15-19/h1-5,7,13,15,20,23H,6,8-12,14,16-17H2. The number of nitrogens with zero attached hydrogens (tertiary/aromatic N) is 3. The maximum Gasteiger partial charge on any atom is 0.227 e. The number of likely N-dealkylation sites (tertiary alicyclic amines) is 1. The lowest BCUT2D eigenvalue weighted by molar-refractivity contribution is -0.129. The molecule has 6 heteroatoms. The molecule has 2 aromatic rings. The normalized spacial score (nSPS) is 20.3. The number of hydrogen-bond donors (Lipinski definition) is 1. The van der Waals surface area contributed by atoms with Gasteiger partial charge in [0, 0.05) is 63.3 Å². The van der Waals surface area contributed by atoms with E-state index in [1.54, 1.807) is 12.4 Å². The van der Waals surface area contributed by atoms with Crippen LogP contribution in [0.15, 0.2) is 48.8 Å². The molecule has 2 aliphatic heterocycles. The third-order valence-corrected chi connectivity index (χ3v) is 5.57. The van der Waals surface area contributed by atoms with Crippen LogP contribution in [0.25, 0.3) is 0 Å². The number of ether oxygens (including phenoxy) is 1. The van der Waals surface area contributed by atoms with E-state index in [0.717, 1.165) is 62.6 Å². The number of piperazine rings is 1. The van der Waals surface area contributed by atoms with Gasteiger partial charge in [-0.1, -0.05) is 18.2 Å². The number of benzene rings is 1. The molecule has 1 unspecified atom stereocenters. The van der Waals surface area contributed by atoms with Gasteiger partial charge in [-0.3, -0.25) is 14.7 Å². The molecule has 2 aliphatic rings. The highest BCUT2D eigenvalue weighted by atomic mass is 16.5. The van der Waals surface area contributed by atoms with Crippen LogP contribution in [0.1, 0.15) is 17.5 Å². The van der Waals surface area contributed by atoms with E-state index in [1.165, 1.54) is 0 Å². The Morgan fingerprint density at radius 3 is 2.82 bits per heavy atom. The molecule has 2 fully saturated rings. The van der Waals surface area contributed by atoms with Gasteiger partial charge < -0.3 is 15.0 Å². The van der Waals surface area contributed by atoms with Crippen molar-refractivity contribution in [1.82, 2.24) is 20.1 Å². The summed E-state index contributed by atoms with van der Waals surface area (Å²) >= 11 is 0. The fourth-order valence-corrected chi connectivity index (χ4v) is 4.00. The molecule has 28 heavy (non-hydrogen) atoms. The van der Waals surface area contributed by atoms with Crippen LogP contribution in [0.2, 0.25) is 0 Å². The Morgan fingerprint density at radius 1 is 1.14 bits per heavy atom. The van der Waals surface area contributed by atoms with Crippen molar-refractivity contribution in [2.24, 2.45) is 0 Å². The van der Waals surface area contributed by atoms with E-state index >= 15 is 0 Å². The second kappa shape index (κ2) is 9.17. The lowest BCUT2D eigenvalue weighted by Crippen LogP contribution is -2.49. The Labute approximate surface area is 166 Å². The van der Waals surface area contributed by atoms with Gasteiger partial charge in [0.15, 0.2) is 0 Å². The van der Waals surface area contributed by atoms with Crippen molar-refractivity contribution in [1.29, 1.82) is 0 Å². The summed E-state index contributed by atoms with van der Waals surface area (Å²) in [5.41, 5.74) is 2.03. The number of aromatic nitrogens is 1. The van der Waals surface area contributed by atoms with Gasteiger partial charge in [0.05, 0.1) is 6.42 Å². The van der Waals surface area contributed by atoms with Crippen LogP contribution in [0, 0.1) is 0 Å². The highest BCUT2D eigenvalue weighted by molar-refractivity contribution is 5.79. The molecule has 1 N–H and O–H groups in total. The Morgan fingerprint density at radius 2 is 2.00 bits per heavy atom. The lowest BCUT2D eigenvalue weighted by atomic mass is 10.1. The second-order valence-corrected chi connectivity index (χ2v) is 7.54. The van der Waals surface area contributed by atoms with Crippen LogP contribution in [-0.2, 0) is 17.8 Å². The SMILES string of the molecule is O=C(Cc1cccc(OCc2cccnc2)c1)N1CCC(N2CCNCC2)C1. The predicted molar refractivity (Wildman–Crippen MR) is 108 cm³/mol. The van der Waals surface area contributed by atoms with Gasteiger partial charge >= 0.3 is 0 Å². The molecule has 0 saturated carbocycles. The molecule has 0 aliphatic carbocycles. The fraction of sp³-hybridized carbons (Fsp3) is 0.455. The lowest BCUT2D eigenvalue weighted by Gasteiger charge is -2.32. The Kier molecular flexibility index (Phi) is 6.19. The molecule has 0 bridgehead atoms. The number of amides is 1. The molecule has 148 valence electrons. The second-order valence-electron chi connectivity index (χ2n) is 7.54. The van der Waals surface area contributed by atoms with Crippen LogP contribution in [0.4, 0.5) is 0 Å². The van der Waals surface area contributed by atoms with Crippen molar-refractivity contribution in [2.45, 2.75) is 25.5 Å². The number of nitrogens with one attached hydrogen (secondary N) is 1. The summed E-state index contributed by atoms with van der Waals surface area (Å²) in [6.45, 7) is 6.48. The minimum atomic E-state index is 0.210. The molecular weight excluding hydrogens is 352 g/mol. The van der Waals surface area contributed by atoms with Crippen molar-refractivity contribution in [3.63, 3.8) is 0 Å². The van der Waals surface area contributed by atoms with E-state index in [4.69, 9.17) is 4.74 Å². The quantitative estimate of drug-likeness (QED) is 0.827. The zero-order chi connectivity index (χ0) is 19.2. The minimum absolute atomic E-state index is 0.210. The molecule has 3 heterocycles. The molecule has 0 spiro atoms. The van der Waals surface area contributed by atoms with Crippen molar-refractivity contribution in [3.05, 3.63) is 59.9 Å². The minimum Gasteiger partial charge on any atom is -0.489 e. The van der Waals surface area contributed by atoms with Gasteiger partial charge in [0.2, 0.25) is 5.91 Å². The zero-order valence-corrected chi connectivity index (χ0v) is 16.2. The fourth-order valence-electron chi connectivity index (χ4n) is 4.00. The Hall–Kier alpha value is -2.44. The van der Waals surface area contributed by atoms with E-state index in [1.807, 2.05) is 41.3 Å². The third kappa shape index (κ3) is 4.88. The first-order valence-corrected chi connectivity index (χ1v) is 10.1. The van der Waals surface area contributed by atoms with Gasteiger partial charge in [0.25, 0.3) is 0 Å².